The van der Waals surface area contributed by atoms with Gasteiger partial charge in [0.2, 0.25) is 0 Å². The molecule has 82 valence electrons. The fraction of sp³-hybridized carbons (Fsp3) is 0.778. The highest BCUT2D eigenvalue weighted by molar-refractivity contribution is 5.72. The molecular formula is C9H15FO4. The van der Waals surface area contributed by atoms with Crippen molar-refractivity contribution in [2.75, 3.05) is 0 Å². The van der Waals surface area contributed by atoms with Crippen molar-refractivity contribution in [1.29, 1.82) is 0 Å². The Morgan fingerprint density at radius 2 is 1.64 bits per heavy atom. The highest BCUT2D eigenvalue weighted by Crippen LogP contribution is 2.12. The maximum absolute atomic E-state index is 12.5. The summed E-state index contributed by atoms with van der Waals surface area (Å²) in [5, 5.41) is 16.7. The molecule has 2 N–H and O–H groups in total. The molecule has 0 spiro atoms. The van der Waals surface area contributed by atoms with Gasteiger partial charge in [-0.15, -0.1) is 0 Å². The maximum atomic E-state index is 12.5. The molecule has 0 amide bonds. The molecule has 0 aromatic carbocycles. The first-order chi connectivity index (χ1) is 6.45. The Balaban J connectivity index is 3.47. The van der Waals surface area contributed by atoms with Gasteiger partial charge in [0.1, 0.15) is 0 Å². The number of unbranched alkanes of at least 4 members (excludes halogenated alkanes) is 1. The Labute approximate surface area is 81.7 Å². The van der Waals surface area contributed by atoms with Gasteiger partial charge in [-0.25, -0.2) is 9.18 Å². The third-order valence-corrected chi connectivity index (χ3v) is 2.03. The van der Waals surface area contributed by atoms with Gasteiger partial charge in [-0.05, 0) is 19.3 Å². The average Bonchev–Trinajstić information content (AvgIpc) is 2.11. The lowest BCUT2D eigenvalue weighted by molar-refractivity contribution is -0.143. The molecule has 0 aromatic rings. The number of aliphatic carboxylic acids is 2. The first kappa shape index (κ1) is 12.9. The van der Waals surface area contributed by atoms with Crippen molar-refractivity contribution in [3.63, 3.8) is 0 Å². The lowest BCUT2D eigenvalue weighted by Gasteiger charge is -2.06. The van der Waals surface area contributed by atoms with Gasteiger partial charge >= 0.3 is 11.9 Å². The summed E-state index contributed by atoms with van der Waals surface area (Å²) in [7, 11) is 0. The van der Waals surface area contributed by atoms with Crippen molar-refractivity contribution in [1.82, 2.24) is 0 Å². The van der Waals surface area contributed by atoms with Crippen LogP contribution in [0.5, 0.6) is 0 Å². The van der Waals surface area contributed by atoms with E-state index >= 15 is 0 Å². The van der Waals surface area contributed by atoms with Crippen LogP contribution in [0.15, 0.2) is 0 Å². The molecule has 2 unspecified atom stereocenters. The lowest BCUT2D eigenvalue weighted by Crippen LogP contribution is -2.14. The SMILES string of the molecule is CC(CCCCC(F)C(=O)O)C(=O)O. The highest BCUT2D eigenvalue weighted by Gasteiger charge is 2.15. The Hall–Kier alpha value is -1.13. The maximum Gasteiger partial charge on any atom is 0.338 e. The average molecular weight is 206 g/mol. The normalized spacial score (nSPS) is 14.7. The van der Waals surface area contributed by atoms with Gasteiger partial charge < -0.3 is 10.2 Å². The van der Waals surface area contributed by atoms with E-state index in [1.165, 1.54) is 0 Å². The van der Waals surface area contributed by atoms with Gasteiger partial charge in [0, 0.05) is 0 Å². The van der Waals surface area contributed by atoms with Crippen LogP contribution < -0.4 is 0 Å². The third kappa shape index (κ3) is 5.50. The summed E-state index contributed by atoms with van der Waals surface area (Å²) in [6, 6.07) is 0. The second-order valence-electron chi connectivity index (χ2n) is 3.33. The van der Waals surface area contributed by atoms with Crippen LogP contribution in [-0.2, 0) is 9.59 Å². The molecule has 0 aromatic heterocycles. The number of hydrogen-bond acceptors (Lipinski definition) is 2. The standard InChI is InChI=1S/C9H15FO4/c1-6(8(11)12)4-2-3-5-7(10)9(13)14/h6-7H,2-5H2,1H3,(H,11,12)(H,13,14). The zero-order chi connectivity index (χ0) is 11.1. The van der Waals surface area contributed by atoms with E-state index < -0.39 is 24.0 Å². The minimum atomic E-state index is -1.82. The number of carbonyl (C=O) groups is 2. The first-order valence-electron chi connectivity index (χ1n) is 4.54. The van der Waals surface area contributed by atoms with E-state index in [4.69, 9.17) is 10.2 Å². The third-order valence-electron chi connectivity index (χ3n) is 2.03. The van der Waals surface area contributed by atoms with Gasteiger partial charge in [-0.2, -0.15) is 0 Å². The van der Waals surface area contributed by atoms with Crippen molar-refractivity contribution < 1.29 is 24.2 Å². The molecule has 0 heterocycles. The fourth-order valence-electron chi connectivity index (χ4n) is 1.02. The molecule has 0 saturated carbocycles. The highest BCUT2D eigenvalue weighted by atomic mass is 19.1. The summed E-state index contributed by atoms with van der Waals surface area (Å²) in [5.74, 6) is -2.77. The second kappa shape index (κ2) is 6.34. The number of halogens is 1. The van der Waals surface area contributed by atoms with Gasteiger partial charge in [0.05, 0.1) is 5.92 Å². The Bertz CT molecular complexity index is 183. The van der Waals surface area contributed by atoms with Crippen LogP contribution in [0.1, 0.15) is 32.6 Å². The van der Waals surface area contributed by atoms with Gasteiger partial charge in [0.15, 0.2) is 6.17 Å². The minimum Gasteiger partial charge on any atom is -0.481 e. The molecular weight excluding hydrogens is 191 g/mol. The fourth-order valence-corrected chi connectivity index (χ4v) is 1.02. The van der Waals surface area contributed by atoms with Crippen LogP contribution in [0, 0.1) is 5.92 Å². The summed E-state index contributed by atoms with van der Waals surface area (Å²) >= 11 is 0. The van der Waals surface area contributed by atoms with E-state index in [0.717, 1.165) is 0 Å². The van der Waals surface area contributed by atoms with Gasteiger partial charge in [-0.3, -0.25) is 4.79 Å². The van der Waals surface area contributed by atoms with Crippen molar-refractivity contribution in [2.24, 2.45) is 5.92 Å². The molecule has 2 atom stereocenters. The molecule has 0 fully saturated rings. The number of rotatable bonds is 7. The van der Waals surface area contributed by atoms with Gasteiger partial charge in [0.25, 0.3) is 0 Å². The minimum absolute atomic E-state index is 0.0400. The van der Waals surface area contributed by atoms with Gasteiger partial charge in [-0.1, -0.05) is 13.3 Å². The van der Waals surface area contributed by atoms with Crippen molar-refractivity contribution in [3.05, 3.63) is 0 Å². The number of hydrogen-bond donors (Lipinski definition) is 2. The molecule has 0 saturated heterocycles. The Kier molecular flexibility index (Phi) is 5.83. The molecule has 0 rings (SSSR count). The summed E-state index contributed by atoms with van der Waals surface area (Å²) < 4.78 is 12.5. The van der Waals surface area contributed by atoms with E-state index in [1.807, 2.05) is 0 Å². The van der Waals surface area contributed by atoms with E-state index in [-0.39, 0.29) is 6.42 Å². The molecule has 0 aliphatic rings. The van der Waals surface area contributed by atoms with Crippen LogP contribution in [0.25, 0.3) is 0 Å². The summed E-state index contributed by atoms with van der Waals surface area (Å²) in [5.41, 5.74) is 0. The smallest absolute Gasteiger partial charge is 0.338 e. The summed E-state index contributed by atoms with van der Waals surface area (Å²) in [6.07, 6.45) is -0.453. The molecule has 0 radical (unpaired) electrons. The van der Waals surface area contributed by atoms with Crippen LogP contribution in [-0.4, -0.2) is 28.3 Å². The number of carboxylic acids is 2. The monoisotopic (exact) mass is 206 g/mol. The van der Waals surface area contributed by atoms with E-state index in [0.29, 0.717) is 19.3 Å². The van der Waals surface area contributed by atoms with E-state index in [2.05, 4.69) is 0 Å². The zero-order valence-electron chi connectivity index (χ0n) is 8.07. The number of carboxylic acid groups (broad SMARTS) is 2. The van der Waals surface area contributed by atoms with Crippen LogP contribution >= 0.6 is 0 Å². The first-order valence-corrected chi connectivity index (χ1v) is 4.54. The van der Waals surface area contributed by atoms with Crippen molar-refractivity contribution in [3.8, 4) is 0 Å². The zero-order valence-corrected chi connectivity index (χ0v) is 8.07. The second-order valence-corrected chi connectivity index (χ2v) is 3.33. The Morgan fingerprint density at radius 3 is 2.07 bits per heavy atom. The van der Waals surface area contributed by atoms with Crippen LogP contribution in [0.4, 0.5) is 4.39 Å². The largest absolute Gasteiger partial charge is 0.481 e. The molecule has 14 heavy (non-hydrogen) atoms. The molecule has 4 nitrogen and oxygen atoms in total. The van der Waals surface area contributed by atoms with Crippen molar-refractivity contribution >= 4 is 11.9 Å². The Morgan fingerprint density at radius 1 is 1.14 bits per heavy atom. The summed E-state index contributed by atoms with van der Waals surface area (Å²) in [6.45, 7) is 1.58. The predicted molar refractivity (Wildman–Crippen MR) is 47.8 cm³/mol. The van der Waals surface area contributed by atoms with Crippen LogP contribution in [0.3, 0.4) is 0 Å². The molecule has 0 aliphatic carbocycles. The van der Waals surface area contributed by atoms with Crippen molar-refractivity contribution in [2.45, 2.75) is 38.8 Å². The topological polar surface area (TPSA) is 74.6 Å². The van der Waals surface area contributed by atoms with E-state index in [1.54, 1.807) is 6.92 Å². The lowest BCUT2D eigenvalue weighted by atomic mass is 10.0. The quantitative estimate of drug-likeness (QED) is 0.621. The predicted octanol–water partition coefficient (Wildman–Crippen LogP) is 1.69. The molecule has 5 heteroatoms. The molecule has 0 aliphatic heterocycles. The summed E-state index contributed by atoms with van der Waals surface area (Å²) in [4.78, 5) is 20.4. The molecule has 0 bridgehead atoms. The number of alkyl halides is 1. The van der Waals surface area contributed by atoms with E-state index in [9.17, 15) is 14.0 Å². The van der Waals surface area contributed by atoms with Crippen LogP contribution in [0.2, 0.25) is 0 Å².